The quantitative estimate of drug-likeness (QED) is 0.804. The van der Waals surface area contributed by atoms with Gasteiger partial charge in [-0.25, -0.2) is 0 Å². The predicted octanol–water partition coefficient (Wildman–Crippen LogP) is 2.59. The Balaban J connectivity index is 0.000000602. The summed E-state index contributed by atoms with van der Waals surface area (Å²) in [6.07, 6.45) is -3.44. The Kier molecular flexibility index (Phi) is 3.70. The van der Waals surface area contributed by atoms with Crippen LogP contribution in [0.2, 0.25) is 0 Å². The zero-order chi connectivity index (χ0) is 25.6. The average Bonchev–Trinajstić information content (AvgIpc) is 3.22. The Bertz CT molecular complexity index is 577. The fraction of sp³-hybridized carbons (Fsp3) is 1.00. The molecule has 0 aromatic heterocycles. The van der Waals surface area contributed by atoms with Gasteiger partial charge in [0.2, 0.25) is 0 Å². The second-order valence-electron chi connectivity index (χ2n) is 4.20. The highest BCUT2D eigenvalue weighted by atomic mass is 35.5. The van der Waals surface area contributed by atoms with E-state index in [4.69, 9.17) is 35.9 Å². The van der Waals surface area contributed by atoms with Gasteiger partial charge in [0.1, 0.15) is 0 Å². The van der Waals surface area contributed by atoms with E-state index in [1.165, 1.54) is 0 Å². The molecule has 0 unspecified atom stereocenters. The van der Waals surface area contributed by atoms with Crippen LogP contribution in [-0.4, -0.2) is 66.4 Å². The van der Waals surface area contributed by atoms with E-state index in [-0.39, 0.29) is 31.9 Å². The minimum atomic E-state index is -3.05. The third-order valence-corrected chi connectivity index (χ3v) is 3.07. The van der Waals surface area contributed by atoms with Crippen LogP contribution in [0.25, 0.3) is 0 Å². The Morgan fingerprint density at radius 3 is 2.11 bits per heavy atom. The van der Waals surface area contributed by atoms with Gasteiger partial charge in [0, 0.05) is 40.9 Å². The molecule has 116 valence electrons. The van der Waals surface area contributed by atoms with E-state index >= 15 is 0 Å². The summed E-state index contributed by atoms with van der Waals surface area (Å²) in [5.74, 6) is -2.58. The maximum atomic E-state index is 9.14. The molecule has 0 spiro atoms. The van der Waals surface area contributed by atoms with E-state index in [0.717, 1.165) is 9.80 Å². The molecule has 5 heteroatoms. The van der Waals surface area contributed by atoms with E-state index in [2.05, 4.69) is 0 Å². The van der Waals surface area contributed by atoms with Gasteiger partial charge in [-0.15, -0.1) is 24.0 Å². The number of aliphatic hydroxyl groups is 1. The molecule has 2 atom stereocenters. The van der Waals surface area contributed by atoms with Crippen LogP contribution in [-0.2, 0) is 0 Å². The molecule has 2 fully saturated rings. The van der Waals surface area contributed by atoms with Gasteiger partial charge < -0.3 is 14.9 Å². The first-order valence-electron chi connectivity index (χ1n) is 12.9. The molecule has 2 aliphatic heterocycles. The zero-order valence-corrected chi connectivity index (χ0v) is 12.1. The highest BCUT2D eigenvalue weighted by molar-refractivity contribution is 6.17. The molecule has 19 heavy (non-hydrogen) atoms. The summed E-state index contributed by atoms with van der Waals surface area (Å²) < 4.78 is 102. The molecule has 0 aromatic carbocycles. The van der Waals surface area contributed by atoms with E-state index in [1.54, 1.807) is 0 Å². The van der Waals surface area contributed by atoms with E-state index in [9.17, 15) is 0 Å². The fourth-order valence-electron chi connectivity index (χ4n) is 1.97. The van der Waals surface area contributed by atoms with Crippen molar-refractivity contribution in [1.82, 2.24) is 9.80 Å². The summed E-state index contributed by atoms with van der Waals surface area (Å²) in [4.78, 5) is 1.97. The molecule has 2 saturated heterocycles. The lowest BCUT2D eigenvalue weighted by atomic mass is 10.2. The normalized spacial score (nSPS) is 43.1. The third kappa shape index (κ3) is 7.14. The minimum absolute atomic E-state index is 0. The minimum Gasteiger partial charge on any atom is -0.396 e. The van der Waals surface area contributed by atoms with Crippen LogP contribution in [0.5, 0.6) is 0 Å². The van der Waals surface area contributed by atoms with Crippen LogP contribution in [0.1, 0.15) is 57.6 Å². The maximum absolute atomic E-state index is 9.14. The predicted molar refractivity (Wildman–Crippen MR) is 85.6 cm³/mol. The van der Waals surface area contributed by atoms with Crippen LogP contribution in [0.4, 0.5) is 0 Å². The van der Waals surface area contributed by atoms with Crippen molar-refractivity contribution in [2.24, 2.45) is 0 Å². The Morgan fingerprint density at radius 2 is 1.68 bits per heavy atom. The van der Waals surface area contributed by atoms with E-state index < -0.39 is 51.2 Å². The topological polar surface area (TPSA) is 26.7 Å². The molecular formula is C14H30Cl2N2O. The zero-order valence-electron chi connectivity index (χ0n) is 24.5. The summed E-state index contributed by atoms with van der Waals surface area (Å²) in [6.45, 7) is -7.48. The Hall–Kier alpha value is 0.460. The smallest absolute Gasteiger partial charge is 0.0564 e. The molecule has 0 aliphatic carbocycles. The van der Waals surface area contributed by atoms with Crippen LogP contribution in [0.3, 0.4) is 0 Å². The number of rotatable bonds is 4. The Labute approximate surface area is 149 Å². The highest BCUT2D eigenvalue weighted by Gasteiger charge is 2.19. The lowest BCUT2D eigenvalue weighted by Crippen LogP contribution is -2.25. The molecule has 0 amide bonds. The number of alkyl halides is 1. The van der Waals surface area contributed by atoms with Crippen LogP contribution in [0, 0.1) is 0 Å². The summed E-state index contributed by atoms with van der Waals surface area (Å²) in [5.41, 5.74) is 0. The number of nitrogens with zero attached hydrogens (tertiary/aromatic N) is 2. The lowest BCUT2D eigenvalue weighted by Gasteiger charge is -2.17. The first kappa shape index (κ1) is 6.29. The number of hydrogen-bond acceptors (Lipinski definition) is 3. The summed E-state index contributed by atoms with van der Waals surface area (Å²) in [6, 6.07) is -2.13. The second kappa shape index (κ2) is 11.2. The van der Waals surface area contributed by atoms with Crippen LogP contribution >= 0.6 is 24.0 Å². The molecule has 0 bridgehead atoms. The SMILES string of the molecule is Cl.[2H]C([2H])([2H])N1CCC[C@@H]1C([2H])([2H])C([2H])([2H])Cl.[2H]C([2H])([2H])N1CCC[C@@H]1C([2H])([2H])C([2H])([2H])O. The number of halogens is 2. The van der Waals surface area contributed by atoms with Crippen molar-refractivity contribution in [3.8, 4) is 0 Å². The summed E-state index contributed by atoms with van der Waals surface area (Å²) >= 11 is 5.37. The van der Waals surface area contributed by atoms with Gasteiger partial charge >= 0.3 is 0 Å². The van der Waals surface area contributed by atoms with Crippen molar-refractivity contribution < 1.29 is 24.3 Å². The first-order chi connectivity index (χ1) is 14.0. The first-order valence-corrected chi connectivity index (χ1v) is 6.28. The molecular weight excluding hydrogens is 283 g/mol. The molecule has 2 heterocycles. The average molecular weight is 327 g/mol. The maximum Gasteiger partial charge on any atom is 0.0564 e. The van der Waals surface area contributed by atoms with Crippen molar-refractivity contribution in [1.29, 1.82) is 0 Å². The van der Waals surface area contributed by atoms with Gasteiger partial charge in [0.25, 0.3) is 0 Å². The Morgan fingerprint density at radius 1 is 1.16 bits per heavy atom. The van der Waals surface area contributed by atoms with E-state index in [1.807, 2.05) is 0 Å². The number of hydrogen-bond donors (Lipinski definition) is 1. The fourth-order valence-corrected chi connectivity index (χ4v) is 2.10. The standard InChI is InChI=1S/C7H14ClN.C7H15NO.ClH/c1-9-6-2-3-7(9)4-5-8;1-8-5-2-3-7(8)4-6-9;/h7H,2-6H2,1H3;7,9H,2-6H2,1H3;1H/t2*7-;/m11./s1/i1D3,4D2,5D2;1D3,4D2,6D2;. The van der Waals surface area contributed by atoms with Gasteiger partial charge in [-0.05, 0) is 65.5 Å². The van der Waals surface area contributed by atoms with Gasteiger partial charge in [0.15, 0.2) is 0 Å². The van der Waals surface area contributed by atoms with Crippen molar-refractivity contribution in [3.63, 3.8) is 0 Å². The molecule has 1 N–H and O–H groups in total. The molecule has 0 saturated carbocycles. The van der Waals surface area contributed by atoms with Crippen LogP contribution in [0.15, 0.2) is 0 Å². The van der Waals surface area contributed by atoms with Crippen LogP contribution < -0.4 is 0 Å². The van der Waals surface area contributed by atoms with Crippen molar-refractivity contribution in [2.75, 3.05) is 39.4 Å². The van der Waals surface area contributed by atoms with Gasteiger partial charge in [0.05, 0.1) is 2.74 Å². The molecule has 3 nitrogen and oxygen atoms in total. The van der Waals surface area contributed by atoms with Gasteiger partial charge in [-0.1, -0.05) is 0 Å². The third-order valence-electron chi connectivity index (χ3n) is 2.96. The highest BCUT2D eigenvalue weighted by Crippen LogP contribution is 2.17. The molecule has 0 aromatic rings. The van der Waals surface area contributed by atoms with Crippen molar-refractivity contribution in [2.45, 2.75) is 50.5 Å². The summed E-state index contributed by atoms with van der Waals surface area (Å²) in [5, 5.41) is 9.14. The summed E-state index contributed by atoms with van der Waals surface area (Å²) in [7, 11) is 0. The van der Waals surface area contributed by atoms with Crippen molar-refractivity contribution >= 4 is 24.0 Å². The molecule has 2 aliphatic rings. The number of likely N-dealkylation sites (tertiary alicyclic amines) is 2. The van der Waals surface area contributed by atoms with Gasteiger partial charge in [-0.2, -0.15) is 0 Å². The lowest BCUT2D eigenvalue weighted by molar-refractivity contribution is 0.220. The van der Waals surface area contributed by atoms with Crippen molar-refractivity contribution in [3.05, 3.63) is 0 Å². The second-order valence-corrected chi connectivity index (χ2v) is 4.39. The monoisotopic (exact) mass is 326 g/mol. The molecule has 2 rings (SSSR count). The van der Waals surface area contributed by atoms with E-state index in [0.29, 0.717) is 19.3 Å². The van der Waals surface area contributed by atoms with Gasteiger partial charge in [-0.3, -0.25) is 0 Å². The molecule has 0 radical (unpaired) electrons. The largest absolute Gasteiger partial charge is 0.396 e.